The van der Waals surface area contributed by atoms with Crippen LogP contribution in [0, 0.1) is 5.41 Å². The van der Waals surface area contributed by atoms with Gasteiger partial charge in [-0.15, -0.1) is 0 Å². The van der Waals surface area contributed by atoms with Crippen LogP contribution in [0.3, 0.4) is 0 Å². The number of carbonyl (C=O) groups excluding carboxylic acids is 1. The van der Waals surface area contributed by atoms with Crippen LogP contribution < -0.4 is 5.32 Å². The molecule has 0 aliphatic heterocycles. The lowest BCUT2D eigenvalue weighted by Gasteiger charge is -2.33. The van der Waals surface area contributed by atoms with E-state index in [0.717, 1.165) is 37.8 Å². The van der Waals surface area contributed by atoms with E-state index in [4.69, 9.17) is 0 Å². The van der Waals surface area contributed by atoms with Crippen molar-refractivity contribution in [2.75, 3.05) is 0 Å². The number of hydrogen-bond donors (Lipinski definition) is 2. The number of allylic oxidation sites excluding steroid dienone is 2. The van der Waals surface area contributed by atoms with Gasteiger partial charge in [0.2, 0.25) is 0 Å². The Hall–Kier alpha value is -0.830. The van der Waals surface area contributed by atoms with Crippen molar-refractivity contribution in [1.29, 1.82) is 0 Å². The van der Waals surface area contributed by atoms with E-state index < -0.39 is 0 Å². The van der Waals surface area contributed by atoms with Gasteiger partial charge in [-0.25, -0.2) is 0 Å². The third-order valence-corrected chi connectivity index (χ3v) is 3.69. The zero-order valence-electron chi connectivity index (χ0n) is 10.8. The van der Waals surface area contributed by atoms with Crippen LogP contribution in [0.1, 0.15) is 52.4 Å². The molecule has 0 spiro atoms. The molecule has 2 rings (SSSR count). The van der Waals surface area contributed by atoms with Crippen molar-refractivity contribution in [3.8, 4) is 0 Å². The highest BCUT2D eigenvalue weighted by Crippen LogP contribution is 2.33. The van der Waals surface area contributed by atoms with Gasteiger partial charge >= 0.3 is 0 Å². The molecule has 1 saturated carbocycles. The monoisotopic (exact) mass is 237 g/mol. The van der Waals surface area contributed by atoms with Gasteiger partial charge in [0, 0.05) is 24.2 Å². The molecule has 3 nitrogen and oxygen atoms in total. The maximum absolute atomic E-state index is 11.6. The summed E-state index contributed by atoms with van der Waals surface area (Å²) in [4.78, 5) is 11.6. The number of hydrogen-bond acceptors (Lipinski definition) is 3. The minimum Gasteiger partial charge on any atom is -0.393 e. The Labute approximate surface area is 103 Å². The molecular formula is C14H23NO2. The highest BCUT2D eigenvalue weighted by molar-refractivity contribution is 5.91. The topological polar surface area (TPSA) is 49.3 Å². The maximum Gasteiger partial charge on any atom is 0.157 e. The maximum atomic E-state index is 11.6. The van der Waals surface area contributed by atoms with Crippen molar-refractivity contribution in [2.45, 2.75) is 64.5 Å². The Bertz CT molecular complexity index is 333. The van der Waals surface area contributed by atoms with Crippen molar-refractivity contribution in [3.63, 3.8) is 0 Å². The minimum atomic E-state index is -0.172. The van der Waals surface area contributed by atoms with Gasteiger partial charge in [-0.3, -0.25) is 4.79 Å². The summed E-state index contributed by atoms with van der Waals surface area (Å²) < 4.78 is 0. The molecule has 0 heterocycles. The number of ketones is 1. The average Bonchev–Trinajstić information content (AvgIpc) is 2.13. The van der Waals surface area contributed by atoms with E-state index in [2.05, 4.69) is 19.2 Å². The Morgan fingerprint density at radius 1 is 1.35 bits per heavy atom. The van der Waals surface area contributed by atoms with Gasteiger partial charge in [-0.05, 0) is 37.5 Å². The Morgan fingerprint density at radius 3 is 2.76 bits per heavy atom. The molecule has 0 bridgehead atoms. The van der Waals surface area contributed by atoms with E-state index in [-0.39, 0.29) is 17.3 Å². The molecule has 17 heavy (non-hydrogen) atoms. The standard InChI is InChI=1S/C14H23NO2/c1-14(2)8-11(7-13(17)9-14)15-10-4-3-5-12(16)6-10/h7,10,12,15-16H,3-6,8-9H2,1-2H3/t10-,12-/m1/s1. The Morgan fingerprint density at radius 2 is 2.12 bits per heavy atom. The summed E-state index contributed by atoms with van der Waals surface area (Å²) in [6.45, 7) is 4.27. The normalized spacial score (nSPS) is 33.1. The minimum absolute atomic E-state index is 0.0709. The quantitative estimate of drug-likeness (QED) is 0.773. The van der Waals surface area contributed by atoms with Crippen LogP contribution in [0.25, 0.3) is 0 Å². The third-order valence-electron chi connectivity index (χ3n) is 3.69. The second-order valence-electron chi connectivity index (χ2n) is 6.32. The van der Waals surface area contributed by atoms with E-state index in [1.54, 1.807) is 6.08 Å². The number of nitrogens with one attached hydrogen (secondary N) is 1. The van der Waals surface area contributed by atoms with Gasteiger partial charge in [0.25, 0.3) is 0 Å². The van der Waals surface area contributed by atoms with Crippen LogP contribution in [0.4, 0.5) is 0 Å². The van der Waals surface area contributed by atoms with E-state index in [9.17, 15) is 9.90 Å². The molecule has 0 unspecified atom stereocenters. The molecule has 1 fully saturated rings. The second-order valence-corrected chi connectivity index (χ2v) is 6.32. The molecular weight excluding hydrogens is 214 g/mol. The zero-order valence-corrected chi connectivity index (χ0v) is 10.8. The van der Waals surface area contributed by atoms with Gasteiger partial charge in [0.1, 0.15) is 0 Å². The summed E-state index contributed by atoms with van der Waals surface area (Å²) >= 11 is 0. The van der Waals surface area contributed by atoms with Crippen LogP contribution in [0.5, 0.6) is 0 Å². The first-order chi connectivity index (χ1) is 7.94. The first kappa shape index (κ1) is 12.6. The van der Waals surface area contributed by atoms with Gasteiger partial charge in [0.05, 0.1) is 6.10 Å². The molecule has 0 saturated heterocycles. The summed E-state index contributed by atoms with van der Waals surface area (Å²) in [5.41, 5.74) is 1.13. The first-order valence-electron chi connectivity index (χ1n) is 6.63. The molecule has 2 aliphatic carbocycles. The van der Waals surface area contributed by atoms with Crippen molar-refractivity contribution in [1.82, 2.24) is 5.32 Å². The fourth-order valence-corrected chi connectivity index (χ4v) is 3.00. The van der Waals surface area contributed by atoms with E-state index >= 15 is 0 Å². The van der Waals surface area contributed by atoms with Gasteiger partial charge < -0.3 is 10.4 Å². The molecule has 0 aromatic heterocycles. The van der Waals surface area contributed by atoms with Crippen molar-refractivity contribution >= 4 is 5.78 Å². The van der Waals surface area contributed by atoms with Crippen LogP contribution >= 0.6 is 0 Å². The summed E-state index contributed by atoms with van der Waals surface area (Å²) in [6.07, 6.45) is 7.07. The molecule has 0 amide bonds. The van der Waals surface area contributed by atoms with Crippen molar-refractivity contribution in [3.05, 3.63) is 11.8 Å². The molecule has 96 valence electrons. The molecule has 2 aliphatic rings. The molecule has 0 aromatic rings. The third kappa shape index (κ3) is 3.56. The fraction of sp³-hybridized carbons (Fsp3) is 0.786. The SMILES string of the molecule is CC1(C)CC(=O)C=C(N[C@@H]2CCC[C@@H](O)C2)C1. The van der Waals surface area contributed by atoms with Crippen LogP contribution in [0.2, 0.25) is 0 Å². The highest BCUT2D eigenvalue weighted by Gasteiger charge is 2.29. The summed E-state index contributed by atoms with van der Waals surface area (Å²) in [5, 5.41) is 13.1. The van der Waals surface area contributed by atoms with E-state index in [1.165, 1.54) is 0 Å². The van der Waals surface area contributed by atoms with Crippen LogP contribution in [0.15, 0.2) is 11.8 Å². The predicted octanol–water partition coefficient (Wildman–Crippen LogP) is 2.15. The lowest BCUT2D eigenvalue weighted by atomic mass is 9.78. The van der Waals surface area contributed by atoms with E-state index in [1.807, 2.05) is 0 Å². The van der Waals surface area contributed by atoms with Crippen LogP contribution in [-0.4, -0.2) is 23.0 Å². The highest BCUT2D eigenvalue weighted by atomic mass is 16.3. The largest absolute Gasteiger partial charge is 0.393 e. The zero-order chi connectivity index (χ0) is 12.5. The van der Waals surface area contributed by atoms with Gasteiger partial charge in [0.15, 0.2) is 5.78 Å². The summed E-state index contributed by atoms with van der Waals surface area (Å²) in [5.74, 6) is 0.222. The first-order valence-corrected chi connectivity index (χ1v) is 6.63. The van der Waals surface area contributed by atoms with E-state index in [0.29, 0.717) is 12.5 Å². The van der Waals surface area contributed by atoms with Gasteiger partial charge in [-0.2, -0.15) is 0 Å². The summed E-state index contributed by atoms with van der Waals surface area (Å²) in [7, 11) is 0. The smallest absolute Gasteiger partial charge is 0.157 e. The molecule has 0 aromatic carbocycles. The fourth-order valence-electron chi connectivity index (χ4n) is 3.00. The lowest BCUT2D eigenvalue weighted by Crippen LogP contribution is -2.38. The number of aliphatic hydroxyl groups excluding tert-OH is 1. The lowest BCUT2D eigenvalue weighted by molar-refractivity contribution is -0.117. The van der Waals surface area contributed by atoms with Crippen molar-refractivity contribution in [2.24, 2.45) is 5.41 Å². The summed E-state index contributed by atoms with van der Waals surface area (Å²) in [6, 6.07) is 0.340. The average molecular weight is 237 g/mol. The molecule has 3 heteroatoms. The number of carbonyl (C=O) groups is 1. The Kier molecular flexibility index (Phi) is 3.57. The van der Waals surface area contributed by atoms with Crippen molar-refractivity contribution < 1.29 is 9.90 Å². The number of rotatable bonds is 2. The number of aliphatic hydroxyl groups is 1. The second kappa shape index (κ2) is 4.81. The predicted molar refractivity (Wildman–Crippen MR) is 67.5 cm³/mol. The van der Waals surface area contributed by atoms with Gasteiger partial charge in [-0.1, -0.05) is 13.8 Å². The Balaban J connectivity index is 1.96. The molecule has 2 N–H and O–H groups in total. The van der Waals surface area contributed by atoms with Crippen LogP contribution in [-0.2, 0) is 4.79 Å². The molecule has 0 radical (unpaired) electrons. The molecule has 2 atom stereocenters.